The van der Waals surface area contributed by atoms with Gasteiger partial charge in [-0.15, -0.1) is 0 Å². The lowest BCUT2D eigenvalue weighted by Gasteiger charge is -2.29. The van der Waals surface area contributed by atoms with E-state index in [1.54, 1.807) is 0 Å². The van der Waals surface area contributed by atoms with Crippen LogP contribution in [-0.4, -0.2) is 32.3 Å². The summed E-state index contributed by atoms with van der Waals surface area (Å²) in [5, 5.41) is 5.79. The van der Waals surface area contributed by atoms with Gasteiger partial charge < -0.3 is 20.3 Å². The van der Waals surface area contributed by atoms with E-state index in [0.29, 0.717) is 0 Å². The van der Waals surface area contributed by atoms with Gasteiger partial charge in [0.25, 0.3) is 0 Å². The van der Waals surface area contributed by atoms with Gasteiger partial charge in [-0.3, -0.25) is 0 Å². The van der Waals surface area contributed by atoms with Crippen LogP contribution >= 0.6 is 0 Å². The molecular weight excluding hydrogens is 302 g/mol. The van der Waals surface area contributed by atoms with Crippen LogP contribution in [0, 0.1) is 0 Å². The number of urea groups is 1. The normalized spacial score (nSPS) is 15.6. The van der Waals surface area contributed by atoms with Crippen molar-refractivity contribution in [3.05, 3.63) is 60.2 Å². The minimum atomic E-state index is -0.203. The Balaban J connectivity index is 1.56. The van der Waals surface area contributed by atoms with Gasteiger partial charge in [0.1, 0.15) is 0 Å². The van der Waals surface area contributed by atoms with Crippen molar-refractivity contribution in [3.8, 4) is 0 Å². The molecule has 5 heteroatoms. The highest BCUT2D eigenvalue weighted by molar-refractivity contribution is 5.89. The Morgan fingerprint density at radius 2 is 1.71 bits per heavy atom. The van der Waals surface area contributed by atoms with Gasteiger partial charge in [0.15, 0.2) is 0 Å². The summed E-state index contributed by atoms with van der Waals surface area (Å²) in [6, 6.07) is 17.5. The van der Waals surface area contributed by atoms with Crippen molar-refractivity contribution in [2.75, 3.05) is 36.5 Å². The van der Waals surface area contributed by atoms with Crippen LogP contribution < -0.4 is 15.5 Å². The first kappa shape index (κ1) is 16.3. The highest BCUT2D eigenvalue weighted by Crippen LogP contribution is 2.20. The first-order chi connectivity index (χ1) is 11.7. The van der Waals surface area contributed by atoms with Gasteiger partial charge in [-0.1, -0.05) is 30.3 Å². The summed E-state index contributed by atoms with van der Waals surface area (Å²) in [6.07, 6.45) is 0. The van der Waals surface area contributed by atoms with Crippen LogP contribution in [0.15, 0.2) is 54.6 Å². The number of hydrogen-bond acceptors (Lipinski definition) is 3. The highest BCUT2D eigenvalue weighted by atomic mass is 16.5. The second-order valence-corrected chi connectivity index (χ2v) is 5.88. The number of amides is 2. The fourth-order valence-corrected chi connectivity index (χ4v) is 2.76. The van der Waals surface area contributed by atoms with Crippen molar-refractivity contribution in [2.24, 2.45) is 0 Å². The van der Waals surface area contributed by atoms with Gasteiger partial charge in [-0.2, -0.15) is 0 Å². The zero-order valence-electron chi connectivity index (χ0n) is 13.9. The molecule has 0 bridgehead atoms. The zero-order chi connectivity index (χ0) is 16.8. The third-order valence-corrected chi connectivity index (χ3v) is 4.15. The van der Waals surface area contributed by atoms with E-state index >= 15 is 0 Å². The van der Waals surface area contributed by atoms with E-state index in [2.05, 4.69) is 39.8 Å². The molecule has 2 aromatic carbocycles. The summed E-state index contributed by atoms with van der Waals surface area (Å²) >= 11 is 0. The Kier molecular flexibility index (Phi) is 5.33. The minimum absolute atomic E-state index is 0.0625. The summed E-state index contributed by atoms with van der Waals surface area (Å²) in [6.45, 7) is 5.38. The average Bonchev–Trinajstić information content (AvgIpc) is 2.63. The number of benzene rings is 2. The monoisotopic (exact) mass is 325 g/mol. The van der Waals surface area contributed by atoms with Crippen LogP contribution in [0.3, 0.4) is 0 Å². The number of rotatable bonds is 4. The molecule has 1 aliphatic rings. The minimum Gasteiger partial charge on any atom is -0.378 e. The number of ether oxygens (including phenoxy) is 1. The smallest absolute Gasteiger partial charge is 0.319 e. The second-order valence-electron chi connectivity index (χ2n) is 5.88. The molecule has 2 amide bonds. The first-order valence-electron chi connectivity index (χ1n) is 8.27. The maximum atomic E-state index is 12.1. The van der Waals surface area contributed by atoms with Gasteiger partial charge in [0, 0.05) is 24.5 Å². The number of nitrogens with zero attached hydrogens (tertiary/aromatic N) is 1. The summed E-state index contributed by atoms with van der Waals surface area (Å²) < 4.78 is 5.38. The van der Waals surface area contributed by atoms with Crippen molar-refractivity contribution in [3.63, 3.8) is 0 Å². The Bertz CT molecular complexity index is 652. The van der Waals surface area contributed by atoms with E-state index in [1.807, 2.05) is 37.3 Å². The van der Waals surface area contributed by atoms with E-state index < -0.39 is 0 Å². The molecular formula is C19H23N3O2. The number of hydrogen-bond donors (Lipinski definition) is 2. The summed E-state index contributed by atoms with van der Waals surface area (Å²) in [7, 11) is 0. The predicted octanol–water partition coefficient (Wildman–Crippen LogP) is 3.41. The molecule has 2 N–H and O–H groups in total. The van der Waals surface area contributed by atoms with Crippen LogP contribution in [0.1, 0.15) is 18.5 Å². The molecule has 1 heterocycles. The molecule has 24 heavy (non-hydrogen) atoms. The van der Waals surface area contributed by atoms with Gasteiger partial charge >= 0.3 is 6.03 Å². The van der Waals surface area contributed by atoms with Crippen LogP contribution in [0.4, 0.5) is 16.2 Å². The van der Waals surface area contributed by atoms with Gasteiger partial charge in [-0.25, -0.2) is 4.79 Å². The van der Waals surface area contributed by atoms with Gasteiger partial charge in [-0.05, 0) is 36.8 Å². The van der Waals surface area contributed by atoms with Crippen LogP contribution in [0.2, 0.25) is 0 Å². The molecule has 1 fully saturated rings. The van der Waals surface area contributed by atoms with Crippen molar-refractivity contribution < 1.29 is 9.53 Å². The van der Waals surface area contributed by atoms with Crippen molar-refractivity contribution >= 4 is 17.4 Å². The zero-order valence-corrected chi connectivity index (χ0v) is 13.9. The molecule has 126 valence electrons. The van der Waals surface area contributed by atoms with Crippen molar-refractivity contribution in [1.82, 2.24) is 5.32 Å². The largest absolute Gasteiger partial charge is 0.378 e. The number of carbonyl (C=O) groups is 1. The standard InChI is InChI=1S/C19H23N3O2/c1-15(20-19(23)21-17-5-3-2-4-6-17)16-7-9-18(10-8-16)22-11-13-24-14-12-22/h2-10,15H,11-14H2,1H3,(H2,20,21,23). The number of carbonyl (C=O) groups excluding carboxylic acids is 1. The summed E-state index contributed by atoms with van der Waals surface area (Å²) in [5.74, 6) is 0. The molecule has 2 aromatic rings. The van der Waals surface area contributed by atoms with E-state index in [1.165, 1.54) is 5.69 Å². The number of nitrogens with one attached hydrogen (secondary N) is 2. The Labute approximate surface area is 142 Å². The number of morpholine rings is 1. The molecule has 1 atom stereocenters. The predicted molar refractivity (Wildman–Crippen MR) is 96.5 cm³/mol. The van der Waals surface area contributed by atoms with Crippen LogP contribution in [0.5, 0.6) is 0 Å². The molecule has 0 aromatic heterocycles. The molecule has 1 unspecified atom stereocenters. The molecule has 3 rings (SSSR count). The second kappa shape index (κ2) is 7.84. The van der Waals surface area contributed by atoms with E-state index in [0.717, 1.165) is 37.6 Å². The Morgan fingerprint density at radius 1 is 1.04 bits per heavy atom. The topological polar surface area (TPSA) is 53.6 Å². The van der Waals surface area contributed by atoms with Crippen molar-refractivity contribution in [2.45, 2.75) is 13.0 Å². The van der Waals surface area contributed by atoms with Crippen molar-refractivity contribution in [1.29, 1.82) is 0 Å². The van der Waals surface area contributed by atoms with E-state index in [9.17, 15) is 4.79 Å². The first-order valence-corrected chi connectivity index (χ1v) is 8.27. The lowest BCUT2D eigenvalue weighted by Crippen LogP contribution is -2.36. The third-order valence-electron chi connectivity index (χ3n) is 4.15. The molecule has 5 nitrogen and oxygen atoms in total. The molecule has 1 aliphatic heterocycles. The molecule has 1 saturated heterocycles. The van der Waals surface area contributed by atoms with Gasteiger partial charge in [0.2, 0.25) is 0 Å². The number of anilines is 2. The maximum absolute atomic E-state index is 12.1. The number of para-hydroxylation sites is 1. The molecule has 0 radical (unpaired) electrons. The highest BCUT2D eigenvalue weighted by Gasteiger charge is 2.13. The quantitative estimate of drug-likeness (QED) is 0.906. The lowest BCUT2D eigenvalue weighted by molar-refractivity contribution is 0.122. The molecule has 0 aliphatic carbocycles. The molecule has 0 spiro atoms. The van der Waals surface area contributed by atoms with Crippen LogP contribution in [-0.2, 0) is 4.74 Å². The maximum Gasteiger partial charge on any atom is 0.319 e. The van der Waals surface area contributed by atoms with Crippen LogP contribution in [0.25, 0.3) is 0 Å². The lowest BCUT2D eigenvalue weighted by atomic mass is 10.1. The fraction of sp³-hybridized carbons (Fsp3) is 0.316. The van der Waals surface area contributed by atoms with E-state index in [4.69, 9.17) is 4.74 Å². The summed E-state index contributed by atoms with van der Waals surface area (Å²) in [5.41, 5.74) is 3.06. The van der Waals surface area contributed by atoms with E-state index in [-0.39, 0.29) is 12.1 Å². The molecule has 0 saturated carbocycles. The fourth-order valence-electron chi connectivity index (χ4n) is 2.76. The Hall–Kier alpha value is -2.53. The van der Waals surface area contributed by atoms with Gasteiger partial charge in [0.05, 0.1) is 19.3 Å². The average molecular weight is 325 g/mol. The third kappa shape index (κ3) is 4.26. The SMILES string of the molecule is CC(NC(=O)Nc1ccccc1)c1ccc(N2CCOCC2)cc1. The summed E-state index contributed by atoms with van der Waals surface area (Å²) in [4.78, 5) is 14.4. The Morgan fingerprint density at radius 3 is 2.38 bits per heavy atom.